The van der Waals surface area contributed by atoms with Crippen molar-refractivity contribution in [2.75, 3.05) is 11.4 Å². The third-order valence-corrected chi connectivity index (χ3v) is 4.46. The third-order valence-electron chi connectivity index (χ3n) is 4.23. The van der Waals surface area contributed by atoms with Crippen LogP contribution in [0.5, 0.6) is 0 Å². The van der Waals surface area contributed by atoms with Crippen molar-refractivity contribution < 1.29 is 19.1 Å². The van der Waals surface area contributed by atoms with Crippen molar-refractivity contribution >= 4 is 40.3 Å². The van der Waals surface area contributed by atoms with Crippen LogP contribution in [0.25, 0.3) is 22.6 Å². The molecule has 1 aliphatic rings. The number of rotatable bonds is 3. The van der Waals surface area contributed by atoms with Gasteiger partial charge in [0.15, 0.2) is 5.58 Å². The number of fused-ring (bicyclic) bond motifs is 1. The number of carboxylic acid groups (broad SMARTS) is 1. The Hall–Kier alpha value is -2.86. The summed E-state index contributed by atoms with van der Waals surface area (Å²) in [5.41, 5.74) is 2.60. The Balaban J connectivity index is 1.69. The molecule has 1 amide bonds. The lowest BCUT2D eigenvalue weighted by Crippen LogP contribution is -2.25. The number of nitrogens with zero attached hydrogens (tertiary/aromatic N) is 2. The van der Waals surface area contributed by atoms with Gasteiger partial charge in [0, 0.05) is 29.2 Å². The number of hydrogen-bond donors (Lipinski definition) is 1. The molecule has 1 saturated heterocycles. The molecule has 0 aliphatic carbocycles. The number of benzene rings is 2. The number of carbonyl (C=O) groups is 2. The molecule has 0 spiro atoms. The summed E-state index contributed by atoms with van der Waals surface area (Å²) in [5, 5.41) is 9.69. The molecular formula is C18H13ClN2O4. The standard InChI is InChI=1S/C18H13ClN2O4/c19-12-4-5-15-14(8-12)20-17(25-15)10-2-1-3-13(6-10)21-9-11(18(23)24)7-16(21)22/h1-6,8,11H,7,9H2,(H,23,24). The van der Waals surface area contributed by atoms with Crippen LogP contribution in [-0.2, 0) is 9.59 Å². The first-order chi connectivity index (χ1) is 12.0. The van der Waals surface area contributed by atoms with E-state index in [0.717, 1.165) is 0 Å². The molecule has 25 heavy (non-hydrogen) atoms. The van der Waals surface area contributed by atoms with E-state index in [-0.39, 0.29) is 18.9 Å². The fourth-order valence-electron chi connectivity index (χ4n) is 2.95. The minimum Gasteiger partial charge on any atom is -0.481 e. The Morgan fingerprint density at radius 1 is 1.28 bits per heavy atom. The fourth-order valence-corrected chi connectivity index (χ4v) is 3.12. The van der Waals surface area contributed by atoms with Crippen LogP contribution in [0.2, 0.25) is 5.02 Å². The maximum absolute atomic E-state index is 12.1. The molecule has 1 aliphatic heterocycles. The van der Waals surface area contributed by atoms with Crippen LogP contribution < -0.4 is 4.90 Å². The molecule has 3 aromatic rings. The molecule has 2 heterocycles. The molecule has 0 saturated carbocycles. The summed E-state index contributed by atoms with van der Waals surface area (Å²) < 4.78 is 5.75. The molecule has 1 N–H and O–H groups in total. The van der Waals surface area contributed by atoms with Gasteiger partial charge in [-0.1, -0.05) is 17.7 Å². The minimum absolute atomic E-state index is 0.0148. The third kappa shape index (κ3) is 2.85. The second-order valence-electron chi connectivity index (χ2n) is 5.93. The fraction of sp³-hybridized carbons (Fsp3) is 0.167. The van der Waals surface area contributed by atoms with Crippen molar-refractivity contribution in [1.29, 1.82) is 0 Å². The number of carboxylic acids is 1. The number of anilines is 1. The zero-order valence-electron chi connectivity index (χ0n) is 13.0. The van der Waals surface area contributed by atoms with E-state index in [2.05, 4.69) is 4.98 Å². The van der Waals surface area contributed by atoms with Gasteiger partial charge in [-0.3, -0.25) is 9.59 Å². The van der Waals surface area contributed by atoms with Gasteiger partial charge in [-0.2, -0.15) is 0 Å². The first-order valence-corrected chi connectivity index (χ1v) is 8.09. The first kappa shape index (κ1) is 15.7. The Kier molecular flexibility index (Phi) is 3.69. The van der Waals surface area contributed by atoms with Crippen LogP contribution in [0, 0.1) is 5.92 Å². The van der Waals surface area contributed by atoms with E-state index < -0.39 is 11.9 Å². The Morgan fingerprint density at radius 2 is 2.12 bits per heavy atom. The van der Waals surface area contributed by atoms with Crippen LogP contribution in [0.15, 0.2) is 46.9 Å². The van der Waals surface area contributed by atoms with E-state index in [0.29, 0.717) is 33.3 Å². The maximum atomic E-state index is 12.1. The zero-order valence-corrected chi connectivity index (χ0v) is 13.7. The molecule has 6 nitrogen and oxygen atoms in total. The summed E-state index contributed by atoms with van der Waals surface area (Å²) in [6, 6.07) is 12.3. The van der Waals surface area contributed by atoms with Gasteiger partial charge in [0.2, 0.25) is 11.8 Å². The van der Waals surface area contributed by atoms with E-state index in [1.54, 1.807) is 36.4 Å². The van der Waals surface area contributed by atoms with Crippen LogP contribution in [-0.4, -0.2) is 28.5 Å². The second-order valence-corrected chi connectivity index (χ2v) is 6.36. The number of halogens is 1. The average molecular weight is 357 g/mol. The lowest BCUT2D eigenvalue weighted by Gasteiger charge is -2.16. The van der Waals surface area contributed by atoms with Gasteiger partial charge in [0.25, 0.3) is 0 Å². The van der Waals surface area contributed by atoms with E-state index >= 15 is 0 Å². The predicted molar refractivity (Wildman–Crippen MR) is 92.6 cm³/mol. The van der Waals surface area contributed by atoms with E-state index in [1.165, 1.54) is 4.90 Å². The summed E-state index contributed by atoms with van der Waals surface area (Å²) in [4.78, 5) is 29.2. The lowest BCUT2D eigenvalue weighted by molar-refractivity contribution is -0.141. The second kappa shape index (κ2) is 5.89. The summed E-state index contributed by atoms with van der Waals surface area (Å²) in [6.07, 6.45) is 0.0148. The lowest BCUT2D eigenvalue weighted by atomic mass is 10.1. The predicted octanol–water partition coefficient (Wildman–Crippen LogP) is 3.59. The average Bonchev–Trinajstić information content (AvgIpc) is 3.18. The summed E-state index contributed by atoms with van der Waals surface area (Å²) in [6.45, 7) is 0.167. The Bertz CT molecular complexity index is 998. The SMILES string of the molecule is O=C(O)C1CC(=O)N(c2cccc(-c3nc4cc(Cl)ccc4o3)c2)C1. The molecular weight excluding hydrogens is 344 g/mol. The van der Waals surface area contributed by atoms with Gasteiger partial charge in [-0.05, 0) is 36.4 Å². The van der Waals surface area contributed by atoms with Gasteiger partial charge < -0.3 is 14.4 Å². The molecule has 1 fully saturated rings. The van der Waals surface area contributed by atoms with Crippen molar-refractivity contribution in [2.45, 2.75) is 6.42 Å². The monoisotopic (exact) mass is 356 g/mol. The highest BCUT2D eigenvalue weighted by atomic mass is 35.5. The van der Waals surface area contributed by atoms with Gasteiger partial charge in [-0.25, -0.2) is 4.98 Å². The van der Waals surface area contributed by atoms with Crippen LogP contribution in [0.1, 0.15) is 6.42 Å². The Labute approximate surface area is 147 Å². The van der Waals surface area contributed by atoms with Crippen molar-refractivity contribution in [3.05, 3.63) is 47.5 Å². The first-order valence-electron chi connectivity index (χ1n) is 7.71. The molecule has 1 unspecified atom stereocenters. The quantitative estimate of drug-likeness (QED) is 0.775. The molecule has 126 valence electrons. The van der Waals surface area contributed by atoms with Crippen LogP contribution in [0.3, 0.4) is 0 Å². The molecule has 1 aromatic heterocycles. The highest BCUT2D eigenvalue weighted by Gasteiger charge is 2.35. The summed E-state index contributed by atoms with van der Waals surface area (Å²) in [5.74, 6) is -1.42. The molecule has 0 bridgehead atoms. The Morgan fingerprint density at radius 3 is 2.88 bits per heavy atom. The number of hydrogen-bond acceptors (Lipinski definition) is 4. The van der Waals surface area contributed by atoms with Gasteiger partial charge >= 0.3 is 5.97 Å². The van der Waals surface area contributed by atoms with Crippen molar-refractivity contribution in [2.24, 2.45) is 5.92 Å². The highest BCUT2D eigenvalue weighted by molar-refractivity contribution is 6.31. The minimum atomic E-state index is -0.956. The normalized spacial score (nSPS) is 17.4. The number of aromatic nitrogens is 1. The number of aliphatic carboxylic acids is 1. The number of amides is 1. The van der Waals surface area contributed by atoms with Gasteiger partial charge in [-0.15, -0.1) is 0 Å². The van der Waals surface area contributed by atoms with Crippen molar-refractivity contribution in [1.82, 2.24) is 4.98 Å². The molecule has 7 heteroatoms. The molecule has 2 aromatic carbocycles. The van der Waals surface area contributed by atoms with Gasteiger partial charge in [0.05, 0.1) is 5.92 Å². The van der Waals surface area contributed by atoms with Crippen molar-refractivity contribution in [3.63, 3.8) is 0 Å². The molecule has 1 atom stereocenters. The topological polar surface area (TPSA) is 83.6 Å². The smallest absolute Gasteiger partial charge is 0.308 e. The van der Waals surface area contributed by atoms with Crippen LogP contribution >= 0.6 is 11.6 Å². The zero-order chi connectivity index (χ0) is 17.6. The maximum Gasteiger partial charge on any atom is 0.308 e. The van der Waals surface area contributed by atoms with Crippen molar-refractivity contribution in [3.8, 4) is 11.5 Å². The molecule has 4 rings (SSSR count). The number of oxazole rings is 1. The highest BCUT2D eigenvalue weighted by Crippen LogP contribution is 2.31. The van der Waals surface area contributed by atoms with E-state index in [4.69, 9.17) is 21.1 Å². The summed E-state index contributed by atoms with van der Waals surface area (Å²) >= 11 is 5.97. The van der Waals surface area contributed by atoms with Crippen LogP contribution in [0.4, 0.5) is 5.69 Å². The van der Waals surface area contributed by atoms with E-state index in [9.17, 15) is 9.59 Å². The summed E-state index contributed by atoms with van der Waals surface area (Å²) in [7, 11) is 0. The number of carbonyl (C=O) groups excluding carboxylic acids is 1. The van der Waals surface area contributed by atoms with E-state index in [1.807, 2.05) is 6.07 Å². The molecule has 0 radical (unpaired) electrons. The van der Waals surface area contributed by atoms with Gasteiger partial charge in [0.1, 0.15) is 5.52 Å². The largest absolute Gasteiger partial charge is 0.481 e.